The van der Waals surface area contributed by atoms with Crippen molar-refractivity contribution in [2.24, 2.45) is 0 Å². The third kappa shape index (κ3) is 3.48. The lowest BCUT2D eigenvalue weighted by Gasteiger charge is -2.07. The molecule has 1 heterocycles. The van der Waals surface area contributed by atoms with E-state index in [4.69, 9.17) is 11.6 Å². The molecule has 2 rings (SSSR count). The van der Waals surface area contributed by atoms with Gasteiger partial charge in [0.05, 0.1) is 11.9 Å². The van der Waals surface area contributed by atoms with E-state index in [9.17, 15) is 4.79 Å². The smallest absolute Gasteiger partial charge is 0.274 e. The lowest BCUT2D eigenvalue weighted by Crippen LogP contribution is -2.13. The van der Waals surface area contributed by atoms with E-state index in [1.807, 2.05) is 32.0 Å². The molecule has 0 aliphatic rings. The normalized spacial score (nSPS) is 10.2. The van der Waals surface area contributed by atoms with Crippen LogP contribution in [-0.2, 0) is 0 Å². The predicted molar refractivity (Wildman–Crippen MR) is 82.5 cm³/mol. The average molecular weight is 290 g/mol. The van der Waals surface area contributed by atoms with Gasteiger partial charge >= 0.3 is 0 Å². The molecule has 0 fully saturated rings. The number of aryl methyl sites for hydroxylation is 1. The third-order valence-electron chi connectivity index (χ3n) is 2.81. The number of benzene rings is 1. The Balaban J connectivity index is 2.09. The van der Waals surface area contributed by atoms with Crippen molar-refractivity contribution in [2.75, 3.05) is 17.2 Å². The fourth-order valence-electron chi connectivity index (χ4n) is 1.70. The van der Waals surface area contributed by atoms with Crippen molar-refractivity contribution < 1.29 is 4.79 Å². The summed E-state index contributed by atoms with van der Waals surface area (Å²) in [7, 11) is 0. The SMILES string of the molecule is CCNc1ccc(C(=O)Nc2ccc(C)c(Cl)c2)nc1. The highest BCUT2D eigenvalue weighted by molar-refractivity contribution is 6.31. The molecule has 0 aliphatic heterocycles. The molecule has 0 saturated heterocycles. The molecular formula is C15H16ClN3O. The van der Waals surface area contributed by atoms with Gasteiger partial charge in [0, 0.05) is 17.3 Å². The molecule has 1 amide bonds. The summed E-state index contributed by atoms with van der Waals surface area (Å²) >= 11 is 6.02. The molecule has 0 spiro atoms. The monoisotopic (exact) mass is 289 g/mol. The Morgan fingerprint density at radius 2 is 2.00 bits per heavy atom. The van der Waals surface area contributed by atoms with Crippen LogP contribution in [0.2, 0.25) is 5.02 Å². The summed E-state index contributed by atoms with van der Waals surface area (Å²) in [6.07, 6.45) is 1.64. The summed E-state index contributed by atoms with van der Waals surface area (Å²) in [5.41, 5.74) is 2.88. The summed E-state index contributed by atoms with van der Waals surface area (Å²) in [6.45, 7) is 4.73. The quantitative estimate of drug-likeness (QED) is 0.902. The minimum Gasteiger partial charge on any atom is -0.384 e. The second kappa shape index (κ2) is 6.39. The first-order valence-corrected chi connectivity index (χ1v) is 6.75. The number of nitrogens with zero attached hydrogens (tertiary/aromatic N) is 1. The fraction of sp³-hybridized carbons (Fsp3) is 0.200. The number of hydrogen-bond donors (Lipinski definition) is 2. The molecule has 0 saturated carbocycles. The van der Waals surface area contributed by atoms with Gasteiger partial charge in [-0.05, 0) is 43.7 Å². The fourth-order valence-corrected chi connectivity index (χ4v) is 1.88. The predicted octanol–water partition coefficient (Wildman–Crippen LogP) is 3.73. The van der Waals surface area contributed by atoms with Crippen molar-refractivity contribution in [1.29, 1.82) is 0 Å². The molecule has 104 valence electrons. The van der Waals surface area contributed by atoms with E-state index in [0.717, 1.165) is 17.8 Å². The van der Waals surface area contributed by atoms with Crippen molar-refractivity contribution in [2.45, 2.75) is 13.8 Å². The molecule has 0 unspecified atom stereocenters. The first kappa shape index (κ1) is 14.3. The number of carbonyl (C=O) groups is 1. The van der Waals surface area contributed by atoms with Gasteiger partial charge in [-0.3, -0.25) is 4.79 Å². The lowest BCUT2D eigenvalue weighted by molar-refractivity contribution is 0.102. The van der Waals surface area contributed by atoms with Crippen LogP contribution < -0.4 is 10.6 Å². The van der Waals surface area contributed by atoms with E-state index in [2.05, 4.69) is 15.6 Å². The molecule has 0 radical (unpaired) electrons. The summed E-state index contributed by atoms with van der Waals surface area (Å²) < 4.78 is 0. The number of carbonyl (C=O) groups excluding carboxylic acids is 1. The van der Waals surface area contributed by atoms with Crippen LogP contribution in [0.5, 0.6) is 0 Å². The number of halogens is 1. The van der Waals surface area contributed by atoms with Gasteiger partial charge in [0.1, 0.15) is 5.69 Å². The standard InChI is InChI=1S/C15H16ClN3O/c1-3-17-12-6-7-14(18-9-12)15(20)19-11-5-4-10(2)13(16)8-11/h4-9,17H,3H2,1-2H3,(H,19,20). The third-order valence-corrected chi connectivity index (χ3v) is 3.21. The van der Waals surface area contributed by atoms with Gasteiger partial charge in [-0.1, -0.05) is 17.7 Å². The summed E-state index contributed by atoms with van der Waals surface area (Å²) in [6, 6.07) is 8.91. The first-order chi connectivity index (χ1) is 9.60. The zero-order valence-electron chi connectivity index (χ0n) is 11.4. The molecule has 0 atom stereocenters. The number of rotatable bonds is 4. The summed E-state index contributed by atoms with van der Waals surface area (Å²) in [5.74, 6) is -0.257. The highest BCUT2D eigenvalue weighted by atomic mass is 35.5. The second-order valence-electron chi connectivity index (χ2n) is 4.38. The molecule has 1 aromatic carbocycles. The summed E-state index contributed by atoms with van der Waals surface area (Å²) in [5, 5.41) is 6.52. The van der Waals surface area contributed by atoms with Crippen LogP contribution in [0.15, 0.2) is 36.5 Å². The number of nitrogens with one attached hydrogen (secondary N) is 2. The number of hydrogen-bond acceptors (Lipinski definition) is 3. The zero-order chi connectivity index (χ0) is 14.5. The molecule has 4 nitrogen and oxygen atoms in total. The molecule has 20 heavy (non-hydrogen) atoms. The van der Waals surface area contributed by atoms with E-state index in [1.165, 1.54) is 0 Å². The minimum absolute atomic E-state index is 0.257. The topological polar surface area (TPSA) is 54.0 Å². The average Bonchev–Trinajstić information content (AvgIpc) is 2.44. The van der Waals surface area contributed by atoms with Crippen LogP contribution >= 0.6 is 11.6 Å². The van der Waals surface area contributed by atoms with Crippen LogP contribution in [0, 0.1) is 6.92 Å². The van der Waals surface area contributed by atoms with Crippen molar-refractivity contribution in [3.05, 3.63) is 52.8 Å². The Bertz CT molecular complexity index is 611. The van der Waals surface area contributed by atoms with Crippen molar-refractivity contribution in [3.8, 4) is 0 Å². The second-order valence-corrected chi connectivity index (χ2v) is 4.79. The highest BCUT2D eigenvalue weighted by Crippen LogP contribution is 2.20. The maximum Gasteiger partial charge on any atom is 0.274 e. The van der Waals surface area contributed by atoms with Crippen LogP contribution in [0.1, 0.15) is 23.0 Å². The number of anilines is 2. The van der Waals surface area contributed by atoms with Gasteiger partial charge in [-0.2, -0.15) is 0 Å². The van der Waals surface area contributed by atoms with E-state index in [-0.39, 0.29) is 5.91 Å². The molecule has 2 aromatic rings. The van der Waals surface area contributed by atoms with Crippen LogP contribution in [-0.4, -0.2) is 17.4 Å². The Morgan fingerprint density at radius 1 is 1.25 bits per heavy atom. The number of pyridine rings is 1. The van der Waals surface area contributed by atoms with Crippen LogP contribution in [0.3, 0.4) is 0 Å². The van der Waals surface area contributed by atoms with E-state index in [0.29, 0.717) is 16.4 Å². The van der Waals surface area contributed by atoms with E-state index >= 15 is 0 Å². The molecule has 0 bridgehead atoms. The molecule has 0 aliphatic carbocycles. The van der Waals surface area contributed by atoms with Gasteiger partial charge in [0.2, 0.25) is 0 Å². The van der Waals surface area contributed by atoms with Gasteiger partial charge in [0.25, 0.3) is 5.91 Å². The first-order valence-electron chi connectivity index (χ1n) is 6.37. The maximum absolute atomic E-state index is 12.0. The van der Waals surface area contributed by atoms with E-state index in [1.54, 1.807) is 18.3 Å². The lowest BCUT2D eigenvalue weighted by atomic mass is 10.2. The van der Waals surface area contributed by atoms with E-state index < -0.39 is 0 Å². The van der Waals surface area contributed by atoms with Gasteiger partial charge in [-0.25, -0.2) is 4.98 Å². The Kier molecular flexibility index (Phi) is 4.58. The Hall–Kier alpha value is -2.07. The Morgan fingerprint density at radius 3 is 2.60 bits per heavy atom. The van der Waals surface area contributed by atoms with Crippen LogP contribution in [0.25, 0.3) is 0 Å². The number of aromatic nitrogens is 1. The van der Waals surface area contributed by atoms with Crippen LogP contribution in [0.4, 0.5) is 11.4 Å². The van der Waals surface area contributed by atoms with Gasteiger partial charge in [-0.15, -0.1) is 0 Å². The minimum atomic E-state index is -0.257. The molecule has 2 N–H and O–H groups in total. The molecule has 1 aromatic heterocycles. The molecule has 5 heteroatoms. The highest BCUT2D eigenvalue weighted by Gasteiger charge is 2.08. The van der Waals surface area contributed by atoms with Crippen molar-refractivity contribution in [1.82, 2.24) is 4.98 Å². The zero-order valence-corrected chi connectivity index (χ0v) is 12.2. The molecular weight excluding hydrogens is 274 g/mol. The van der Waals surface area contributed by atoms with Crippen molar-refractivity contribution >= 4 is 28.9 Å². The van der Waals surface area contributed by atoms with Gasteiger partial charge < -0.3 is 10.6 Å². The Labute approximate surface area is 123 Å². The number of amides is 1. The maximum atomic E-state index is 12.0. The van der Waals surface area contributed by atoms with Crippen molar-refractivity contribution in [3.63, 3.8) is 0 Å². The van der Waals surface area contributed by atoms with Gasteiger partial charge in [0.15, 0.2) is 0 Å². The summed E-state index contributed by atoms with van der Waals surface area (Å²) in [4.78, 5) is 16.2. The largest absolute Gasteiger partial charge is 0.384 e.